The van der Waals surface area contributed by atoms with Gasteiger partial charge in [0.1, 0.15) is 0 Å². The predicted octanol–water partition coefficient (Wildman–Crippen LogP) is 1.29. The third kappa shape index (κ3) is 3.58. The van der Waals surface area contributed by atoms with Crippen LogP contribution in [0.3, 0.4) is 0 Å². The van der Waals surface area contributed by atoms with Gasteiger partial charge in [-0.2, -0.15) is 0 Å². The summed E-state index contributed by atoms with van der Waals surface area (Å²) < 4.78 is 24.1. The molecule has 23 heavy (non-hydrogen) atoms. The quantitative estimate of drug-likeness (QED) is 0.903. The molecule has 2 heterocycles. The normalized spacial score (nSPS) is 27.2. The summed E-state index contributed by atoms with van der Waals surface area (Å²) in [5.41, 5.74) is 2.80. The number of hydrogen-bond donors (Lipinski definition) is 1. The number of nitrogens with zero attached hydrogens (tertiary/aromatic N) is 1. The lowest BCUT2D eigenvalue weighted by atomic mass is 10.0. The maximum atomic E-state index is 12.5. The van der Waals surface area contributed by atoms with Gasteiger partial charge in [-0.3, -0.25) is 9.69 Å². The number of amides is 1. The Morgan fingerprint density at radius 1 is 1.13 bits per heavy atom. The van der Waals surface area contributed by atoms with Crippen molar-refractivity contribution in [3.05, 3.63) is 34.9 Å². The van der Waals surface area contributed by atoms with Gasteiger partial charge in [-0.25, -0.2) is 8.42 Å². The molecular formula is C17H24N2O3S. The van der Waals surface area contributed by atoms with Crippen LogP contribution in [-0.2, 0) is 9.84 Å². The van der Waals surface area contributed by atoms with Crippen molar-refractivity contribution < 1.29 is 13.2 Å². The van der Waals surface area contributed by atoms with Gasteiger partial charge in [-0.05, 0) is 63.0 Å². The van der Waals surface area contributed by atoms with E-state index in [1.165, 1.54) is 0 Å². The van der Waals surface area contributed by atoms with Crippen LogP contribution in [0.25, 0.3) is 0 Å². The van der Waals surface area contributed by atoms with Gasteiger partial charge in [0, 0.05) is 11.6 Å². The summed E-state index contributed by atoms with van der Waals surface area (Å²) in [4.78, 5) is 14.7. The Morgan fingerprint density at radius 2 is 1.83 bits per heavy atom. The van der Waals surface area contributed by atoms with Gasteiger partial charge in [0.05, 0.1) is 17.5 Å². The van der Waals surface area contributed by atoms with E-state index < -0.39 is 9.84 Å². The average Bonchev–Trinajstić information content (AvgIpc) is 3.09. The number of carbonyl (C=O) groups is 1. The van der Waals surface area contributed by atoms with E-state index in [1.54, 1.807) is 6.07 Å². The second-order valence-corrected chi connectivity index (χ2v) is 8.92. The number of aryl methyl sites for hydroxylation is 2. The van der Waals surface area contributed by atoms with Gasteiger partial charge in [0.2, 0.25) is 0 Å². The maximum Gasteiger partial charge on any atom is 0.251 e. The van der Waals surface area contributed by atoms with E-state index in [4.69, 9.17) is 0 Å². The van der Waals surface area contributed by atoms with Crippen LogP contribution in [0.15, 0.2) is 18.2 Å². The monoisotopic (exact) mass is 336 g/mol. The second-order valence-electron chi connectivity index (χ2n) is 6.77. The number of nitrogens with one attached hydrogen (secondary N) is 1. The fraction of sp³-hybridized carbons (Fsp3) is 0.588. The zero-order valence-electron chi connectivity index (χ0n) is 13.7. The zero-order chi connectivity index (χ0) is 16.6. The Balaban J connectivity index is 1.76. The minimum Gasteiger partial charge on any atom is -0.347 e. The summed E-state index contributed by atoms with van der Waals surface area (Å²) in [6, 6.07) is 5.18. The molecule has 2 aliphatic rings. The van der Waals surface area contributed by atoms with Crippen LogP contribution in [0.5, 0.6) is 0 Å². The lowest BCUT2D eigenvalue weighted by Gasteiger charge is -2.28. The van der Waals surface area contributed by atoms with Gasteiger partial charge >= 0.3 is 0 Å². The average molecular weight is 336 g/mol. The van der Waals surface area contributed by atoms with E-state index in [1.807, 2.05) is 26.0 Å². The highest BCUT2D eigenvalue weighted by atomic mass is 32.2. The van der Waals surface area contributed by atoms with Crippen LogP contribution in [0.2, 0.25) is 0 Å². The largest absolute Gasteiger partial charge is 0.347 e. The van der Waals surface area contributed by atoms with E-state index in [-0.39, 0.29) is 29.5 Å². The van der Waals surface area contributed by atoms with Gasteiger partial charge in [-0.1, -0.05) is 6.07 Å². The Kier molecular flexibility index (Phi) is 4.47. The van der Waals surface area contributed by atoms with Crippen molar-refractivity contribution >= 4 is 15.7 Å². The van der Waals surface area contributed by atoms with Crippen LogP contribution in [0.4, 0.5) is 0 Å². The van der Waals surface area contributed by atoms with E-state index >= 15 is 0 Å². The first kappa shape index (κ1) is 16.5. The van der Waals surface area contributed by atoms with Crippen molar-refractivity contribution in [1.82, 2.24) is 10.2 Å². The number of rotatable bonds is 3. The molecule has 5 nitrogen and oxygen atoms in total. The minimum absolute atomic E-state index is 0.0464. The Hall–Kier alpha value is -1.40. The molecule has 0 saturated carbocycles. The van der Waals surface area contributed by atoms with Gasteiger partial charge in [-0.15, -0.1) is 0 Å². The summed E-state index contributed by atoms with van der Waals surface area (Å²) in [6.07, 6.45) is 2.21. The molecule has 6 heteroatoms. The SMILES string of the molecule is Cc1ccc(C(=O)N[C@H]2CS(=O)(=O)C[C@H]2N2CCCC2)cc1C. The number of benzene rings is 1. The van der Waals surface area contributed by atoms with Crippen LogP contribution in [0.1, 0.15) is 34.3 Å². The molecule has 0 aromatic heterocycles. The first-order chi connectivity index (χ1) is 10.9. The molecule has 2 aliphatic heterocycles. The number of carbonyl (C=O) groups excluding carboxylic acids is 1. The molecule has 2 fully saturated rings. The standard InChI is InChI=1S/C17H24N2O3S/c1-12-5-6-14(9-13(12)2)17(20)18-15-10-23(21,22)11-16(15)19-7-3-4-8-19/h5-6,9,15-16H,3-4,7-8,10-11H2,1-2H3,(H,18,20)/t15-,16+/m0/s1. The fourth-order valence-electron chi connectivity index (χ4n) is 3.53. The summed E-state index contributed by atoms with van der Waals surface area (Å²) in [7, 11) is -3.08. The summed E-state index contributed by atoms with van der Waals surface area (Å²) in [5, 5.41) is 2.96. The van der Waals surface area contributed by atoms with E-state index in [2.05, 4.69) is 10.2 Å². The van der Waals surface area contributed by atoms with Crippen LogP contribution >= 0.6 is 0 Å². The van der Waals surface area contributed by atoms with E-state index in [9.17, 15) is 13.2 Å². The lowest BCUT2D eigenvalue weighted by Crippen LogP contribution is -2.50. The Bertz CT molecular complexity index is 709. The molecule has 0 spiro atoms. The molecule has 126 valence electrons. The molecular weight excluding hydrogens is 312 g/mol. The molecule has 0 radical (unpaired) electrons. The molecule has 2 saturated heterocycles. The molecule has 1 aromatic rings. The van der Waals surface area contributed by atoms with Crippen molar-refractivity contribution in [3.8, 4) is 0 Å². The van der Waals surface area contributed by atoms with Crippen molar-refractivity contribution in [3.63, 3.8) is 0 Å². The fourth-order valence-corrected chi connectivity index (χ4v) is 5.49. The number of hydrogen-bond acceptors (Lipinski definition) is 4. The number of likely N-dealkylation sites (tertiary alicyclic amines) is 1. The molecule has 3 rings (SSSR count). The molecule has 0 bridgehead atoms. The molecule has 1 N–H and O–H groups in total. The summed E-state index contributed by atoms with van der Waals surface area (Å²) >= 11 is 0. The molecule has 1 aromatic carbocycles. The van der Waals surface area contributed by atoms with Crippen LogP contribution < -0.4 is 5.32 Å². The van der Waals surface area contributed by atoms with Crippen molar-refractivity contribution in [1.29, 1.82) is 0 Å². The first-order valence-corrected chi connectivity index (χ1v) is 10.0. The lowest BCUT2D eigenvalue weighted by molar-refractivity contribution is 0.0918. The molecule has 0 aliphatic carbocycles. The highest BCUT2D eigenvalue weighted by Crippen LogP contribution is 2.23. The first-order valence-electron chi connectivity index (χ1n) is 8.18. The third-order valence-corrected chi connectivity index (χ3v) is 6.73. The summed E-state index contributed by atoms with van der Waals surface area (Å²) in [6.45, 7) is 5.83. The number of sulfone groups is 1. The minimum atomic E-state index is -3.08. The Labute approximate surface area is 138 Å². The van der Waals surface area contributed by atoms with E-state index in [0.29, 0.717) is 5.56 Å². The molecule has 2 atom stereocenters. The second kappa shape index (κ2) is 6.24. The predicted molar refractivity (Wildman–Crippen MR) is 90.4 cm³/mol. The van der Waals surface area contributed by atoms with Crippen LogP contribution in [-0.4, -0.2) is 55.9 Å². The van der Waals surface area contributed by atoms with E-state index in [0.717, 1.165) is 37.1 Å². The molecule has 1 amide bonds. The highest BCUT2D eigenvalue weighted by Gasteiger charge is 2.42. The Morgan fingerprint density at radius 3 is 2.48 bits per heavy atom. The third-order valence-electron chi connectivity index (χ3n) is 5.02. The van der Waals surface area contributed by atoms with Gasteiger partial charge in [0.15, 0.2) is 9.84 Å². The molecule has 0 unspecified atom stereocenters. The van der Waals surface area contributed by atoms with Crippen molar-refractivity contribution in [2.75, 3.05) is 24.6 Å². The summed E-state index contributed by atoms with van der Waals surface area (Å²) in [5.74, 6) is 0.0229. The van der Waals surface area contributed by atoms with Gasteiger partial charge in [0.25, 0.3) is 5.91 Å². The maximum absolute atomic E-state index is 12.5. The topological polar surface area (TPSA) is 66.5 Å². The van der Waals surface area contributed by atoms with Gasteiger partial charge < -0.3 is 5.32 Å². The van der Waals surface area contributed by atoms with Crippen molar-refractivity contribution in [2.45, 2.75) is 38.8 Å². The smallest absolute Gasteiger partial charge is 0.251 e. The zero-order valence-corrected chi connectivity index (χ0v) is 14.5. The van der Waals surface area contributed by atoms with Crippen LogP contribution in [0, 0.1) is 13.8 Å². The van der Waals surface area contributed by atoms with Crippen molar-refractivity contribution in [2.24, 2.45) is 0 Å². The highest BCUT2D eigenvalue weighted by molar-refractivity contribution is 7.91.